The van der Waals surface area contributed by atoms with E-state index in [9.17, 15) is 4.79 Å². The third-order valence-corrected chi connectivity index (χ3v) is 4.21. The number of benzene rings is 1. The number of aryl methyl sites for hydroxylation is 2. The molecule has 1 N–H and O–H groups in total. The molecule has 4 nitrogen and oxygen atoms in total. The van der Waals surface area contributed by atoms with E-state index in [1.807, 2.05) is 5.38 Å². The van der Waals surface area contributed by atoms with Gasteiger partial charge in [-0.3, -0.25) is 10.1 Å². The molecule has 2 aromatic rings. The minimum atomic E-state index is -0.511. The zero-order chi connectivity index (χ0) is 16.8. The molecular formula is C18H22N2O2S. The number of carbonyl (C=O) groups excluding carboxylic acids is 1. The van der Waals surface area contributed by atoms with Gasteiger partial charge < -0.3 is 4.74 Å². The Balaban J connectivity index is 2.02. The summed E-state index contributed by atoms with van der Waals surface area (Å²) in [6, 6.07) is 6.25. The maximum Gasteiger partial charge on any atom is 0.254 e. The Hall–Kier alpha value is -1.98. The van der Waals surface area contributed by atoms with Crippen molar-refractivity contribution in [2.75, 3.05) is 11.9 Å². The molecule has 0 bridgehead atoms. The van der Waals surface area contributed by atoms with E-state index < -0.39 is 6.10 Å². The lowest BCUT2D eigenvalue weighted by molar-refractivity contribution is -0.126. The highest BCUT2D eigenvalue weighted by atomic mass is 32.1. The number of nitrogens with one attached hydrogen (secondary N) is 1. The van der Waals surface area contributed by atoms with E-state index in [-0.39, 0.29) is 5.91 Å². The van der Waals surface area contributed by atoms with Gasteiger partial charge in [0, 0.05) is 10.9 Å². The van der Waals surface area contributed by atoms with Crippen molar-refractivity contribution in [1.82, 2.24) is 4.98 Å². The number of hydrogen-bond donors (Lipinski definition) is 1. The van der Waals surface area contributed by atoms with Gasteiger partial charge in [0.05, 0.1) is 12.3 Å². The fraction of sp³-hybridized carbons (Fsp3) is 0.333. The lowest BCUT2D eigenvalue weighted by atomic mass is 10.0. The number of thiazole rings is 1. The number of amides is 1. The highest BCUT2D eigenvalue weighted by Crippen LogP contribution is 2.28. The molecule has 0 aliphatic carbocycles. The molecule has 0 spiro atoms. The second-order valence-corrected chi connectivity index (χ2v) is 6.29. The van der Waals surface area contributed by atoms with Crippen molar-refractivity contribution >= 4 is 22.4 Å². The maximum atomic E-state index is 12.1. The average Bonchev–Trinajstić information content (AvgIpc) is 2.95. The van der Waals surface area contributed by atoms with Gasteiger partial charge in [-0.05, 0) is 32.8 Å². The minimum absolute atomic E-state index is 0.185. The molecule has 1 atom stereocenters. The zero-order valence-electron chi connectivity index (χ0n) is 13.8. The van der Waals surface area contributed by atoms with Crippen LogP contribution in [0, 0.1) is 13.8 Å². The number of anilines is 1. The SMILES string of the molecule is C=CCCO[C@@H](C)C(=O)Nc1nc(-c2ccc(C)cc2C)cs1. The summed E-state index contributed by atoms with van der Waals surface area (Å²) in [6.45, 7) is 9.98. The largest absolute Gasteiger partial charge is 0.368 e. The minimum Gasteiger partial charge on any atom is -0.368 e. The number of carbonyl (C=O) groups is 1. The second kappa shape index (κ2) is 8.04. The van der Waals surface area contributed by atoms with E-state index in [1.165, 1.54) is 22.5 Å². The van der Waals surface area contributed by atoms with Crippen LogP contribution in [-0.4, -0.2) is 23.6 Å². The van der Waals surface area contributed by atoms with Crippen molar-refractivity contribution < 1.29 is 9.53 Å². The molecule has 5 heteroatoms. The molecule has 23 heavy (non-hydrogen) atoms. The summed E-state index contributed by atoms with van der Waals surface area (Å²) in [7, 11) is 0. The fourth-order valence-electron chi connectivity index (χ4n) is 2.17. The number of aromatic nitrogens is 1. The summed E-state index contributed by atoms with van der Waals surface area (Å²) >= 11 is 1.42. The van der Waals surface area contributed by atoms with Gasteiger partial charge in [0.25, 0.3) is 5.91 Å². The molecule has 1 amide bonds. The summed E-state index contributed by atoms with van der Waals surface area (Å²) in [5.41, 5.74) is 4.36. The number of hydrogen-bond acceptors (Lipinski definition) is 4. The monoisotopic (exact) mass is 330 g/mol. The predicted molar refractivity (Wildman–Crippen MR) is 95.9 cm³/mol. The smallest absolute Gasteiger partial charge is 0.254 e. The van der Waals surface area contributed by atoms with E-state index in [4.69, 9.17) is 4.74 Å². The number of ether oxygens (including phenoxy) is 1. The lowest BCUT2D eigenvalue weighted by Crippen LogP contribution is -2.27. The highest BCUT2D eigenvalue weighted by molar-refractivity contribution is 7.14. The van der Waals surface area contributed by atoms with E-state index in [1.54, 1.807) is 13.0 Å². The Kier molecular flexibility index (Phi) is 6.07. The molecule has 1 aromatic heterocycles. The van der Waals surface area contributed by atoms with E-state index in [0.717, 1.165) is 17.7 Å². The molecular weight excluding hydrogens is 308 g/mol. The maximum absolute atomic E-state index is 12.1. The van der Waals surface area contributed by atoms with Crippen LogP contribution in [0.15, 0.2) is 36.2 Å². The Bertz CT molecular complexity index is 694. The third-order valence-electron chi connectivity index (χ3n) is 3.45. The predicted octanol–water partition coefficient (Wildman–Crippen LogP) is 4.35. The molecule has 1 aromatic carbocycles. The highest BCUT2D eigenvalue weighted by Gasteiger charge is 2.15. The van der Waals surface area contributed by atoms with Gasteiger partial charge in [0.2, 0.25) is 0 Å². The van der Waals surface area contributed by atoms with Crippen molar-refractivity contribution in [2.45, 2.75) is 33.3 Å². The zero-order valence-corrected chi connectivity index (χ0v) is 14.6. The summed E-state index contributed by atoms with van der Waals surface area (Å²) in [4.78, 5) is 16.6. The van der Waals surface area contributed by atoms with Crippen LogP contribution < -0.4 is 5.32 Å². The van der Waals surface area contributed by atoms with Crippen molar-refractivity contribution in [3.05, 3.63) is 47.4 Å². The van der Waals surface area contributed by atoms with Gasteiger partial charge in [0.1, 0.15) is 6.10 Å². The Morgan fingerprint density at radius 3 is 2.96 bits per heavy atom. The summed E-state index contributed by atoms with van der Waals surface area (Å²) < 4.78 is 5.43. The molecule has 0 saturated heterocycles. The topological polar surface area (TPSA) is 51.2 Å². The van der Waals surface area contributed by atoms with Crippen molar-refractivity contribution in [3.63, 3.8) is 0 Å². The molecule has 1 heterocycles. The van der Waals surface area contributed by atoms with E-state index in [0.29, 0.717) is 11.7 Å². The molecule has 0 fully saturated rings. The molecule has 0 unspecified atom stereocenters. The van der Waals surface area contributed by atoms with Gasteiger partial charge in [0.15, 0.2) is 5.13 Å². The first-order valence-electron chi connectivity index (χ1n) is 7.57. The second-order valence-electron chi connectivity index (χ2n) is 5.44. The van der Waals surface area contributed by atoms with Crippen LogP contribution in [0.25, 0.3) is 11.3 Å². The Morgan fingerprint density at radius 2 is 2.26 bits per heavy atom. The molecule has 0 aliphatic rings. The summed E-state index contributed by atoms with van der Waals surface area (Å²) in [5.74, 6) is -0.185. The van der Waals surface area contributed by atoms with Gasteiger partial charge in [-0.1, -0.05) is 29.8 Å². The van der Waals surface area contributed by atoms with Gasteiger partial charge in [-0.15, -0.1) is 17.9 Å². The van der Waals surface area contributed by atoms with Crippen LogP contribution in [0.5, 0.6) is 0 Å². The van der Waals surface area contributed by atoms with Gasteiger partial charge in [-0.2, -0.15) is 0 Å². The first kappa shape index (κ1) is 17.4. The number of nitrogens with zero attached hydrogens (tertiary/aromatic N) is 1. The fourth-order valence-corrected chi connectivity index (χ4v) is 2.88. The average molecular weight is 330 g/mol. The summed E-state index contributed by atoms with van der Waals surface area (Å²) in [6.07, 6.45) is 1.98. The molecule has 2 rings (SSSR count). The van der Waals surface area contributed by atoms with Gasteiger partial charge >= 0.3 is 0 Å². The first-order valence-corrected chi connectivity index (χ1v) is 8.45. The third kappa shape index (κ3) is 4.74. The van der Waals surface area contributed by atoms with Crippen LogP contribution in [-0.2, 0) is 9.53 Å². The van der Waals surface area contributed by atoms with Crippen LogP contribution in [0.1, 0.15) is 24.5 Å². The van der Waals surface area contributed by atoms with Crippen molar-refractivity contribution in [2.24, 2.45) is 0 Å². The Morgan fingerprint density at radius 1 is 1.48 bits per heavy atom. The van der Waals surface area contributed by atoms with Crippen LogP contribution in [0.2, 0.25) is 0 Å². The Labute approximate surface area is 141 Å². The molecule has 0 aliphatic heterocycles. The molecule has 0 saturated carbocycles. The number of rotatable bonds is 7. The molecule has 0 radical (unpaired) electrons. The molecule has 122 valence electrons. The van der Waals surface area contributed by atoms with E-state index >= 15 is 0 Å². The van der Waals surface area contributed by atoms with Crippen molar-refractivity contribution in [3.8, 4) is 11.3 Å². The van der Waals surface area contributed by atoms with Crippen LogP contribution in [0.3, 0.4) is 0 Å². The van der Waals surface area contributed by atoms with E-state index in [2.05, 4.69) is 48.9 Å². The van der Waals surface area contributed by atoms with Gasteiger partial charge in [-0.25, -0.2) is 4.98 Å². The lowest BCUT2D eigenvalue weighted by Gasteiger charge is -2.11. The first-order chi connectivity index (χ1) is 11.0. The van der Waals surface area contributed by atoms with Crippen LogP contribution in [0.4, 0.5) is 5.13 Å². The standard InChI is InChI=1S/C18H22N2O2S/c1-5-6-9-22-14(4)17(21)20-18-19-16(11-23-18)15-8-7-12(2)10-13(15)3/h5,7-8,10-11,14H,1,6,9H2,2-4H3,(H,19,20,21)/t14-/m0/s1. The quantitative estimate of drug-likeness (QED) is 0.606. The van der Waals surface area contributed by atoms with Crippen molar-refractivity contribution in [1.29, 1.82) is 0 Å². The normalized spacial score (nSPS) is 12.0. The van der Waals surface area contributed by atoms with Crippen LogP contribution >= 0.6 is 11.3 Å². The summed E-state index contributed by atoms with van der Waals surface area (Å²) in [5, 5.41) is 5.35.